The lowest BCUT2D eigenvalue weighted by Crippen LogP contribution is -2.54. The quantitative estimate of drug-likeness (QED) is 0.443. The molecule has 0 unspecified atom stereocenters. The fourth-order valence-electron chi connectivity index (χ4n) is 8.94. The topological polar surface area (TPSA) is 169 Å². The predicted molar refractivity (Wildman–Crippen MR) is 194 cm³/mol. The number of piperidine rings is 1. The van der Waals surface area contributed by atoms with E-state index in [1.807, 2.05) is 63.6 Å². The van der Waals surface area contributed by atoms with E-state index in [1.165, 1.54) is 6.33 Å². The molecule has 7 rings (SSSR count). The Kier molecular flexibility index (Phi) is 9.67. The highest BCUT2D eigenvalue weighted by molar-refractivity contribution is 5.95. The number of amides is 4. The van der Waals surface area contributed by atoms with Crippen LogP contribution >= 0.6 is 0 Å². The van der Waals surface area contributed by atoms with E-state index < -0.39 is 11.2 Å². The maximum absolute atomic E-state index is 14.0. The molecule has 4 amide bonds. The fourth-order valence-corrected chi connectivity index (χ4v) is 8.94. The molecule has 5 aliphatic heterocycles. The first-order valence-electron chi connectivity index (χ1n) is 18.9. The zero-order valence-electron chi connectivity index (χ0n) is 31.7. The molecule has 16 nitrogen and oxygen atoms in total. The average Bonchev–Trinajstić information content (AvgIpc) is 3.96. The Morgan fingerprint density at radius 3 is 2.34 bits per heavy atom. The average molecular weight is 733 g/mol. The van der Waals surface area contributed by atoms with Gasteiger partial charge in [-0.05, 0) is 78.7 Å². The molecule has 0 radical (unpaired) electrons. The summed E-state index contributed by atoms with van der Waals surface area (Å²) in [4.78, 5) is 71.3. The van der Waals surface area contributed by atoms with Gasteiger partial charge >= 0.3 is 18.2 Å². The Balaban J connectivity index is 1.06. The van der Waals surface area contributed by atoms with Crippen LogP contribution in [-0.4, -0.2) is 146 Å². The van der Waals surface area contributed by atoms with Crippen LogP contribution in [0.2, 0.25) is 0 Å². The lowest BCUT2D eigenvalue weighted by Gasteiger charge is -2.44. The van der Waals surface area contributed by atoms with Crippen LogP contribution in [0.1, 0.15) is 73.1 Å². The van der Waals surface area contributed by atoms with Crippen LogP contribution in [0.5, 0.6) is 0 Å². The van der Waals surface area contributed by atoms with Crippen LogP contribution in [0.3, 0.4) is 0 Å². The number of likely N-dealkylation sites (N-methyl/N-ethyl adjacent to an activating group) is 1. The summed E-state index contributed by atoms with van der Waals surface area (Å²) in [6, 6.07) is 3.78. The number of hydrogen-bond donors (Lipinski definition) is 1. The number of aromatic nitrogens is 3. The van der Waals surface area contributed by atoms with E-state index in [0.717, 1.165) is 19.4 Å². The zero-order chi connectivity index (χ0) is 37.8. The summed E-state index contributed by atoms with van der Waals surface area (Å²) < 4.78 is 13.2. The second-order valence-corrected chi connectivity index (χ2v) is 16.9. The van der Waals surface area contributed by atoms with Gasteiger partial charge < -0.3 is 39.3 Å². The molecule has 7 heterocycles. The molecule has 0 aromatic carbocycles. The van der Waals surface area contributed by atoms with Gasteiger partial charge in [0.05, 0.1) is 29.6 Å². The number of carbonyl (C=O) groups is 4. The number of anilines is 1. The van der Waals surface area contributed by atoms with Crippen molar-refractivity contribution in [2.75, 3.05) is 51.2 Å². The lowest BCUT2D eigenvalue weighted by atomic mass is 9.83. The van der Waals surface area contributed by atoms with Crippen molar-refractivity contribution in [3.05, 3.63) is 18.6 Å². The molecule has 0 aliphatic carbocycles. The molecule has 286 valence electrons. The highest BCUT2D eigenvalue weighted by Crippen LogP contribution is 2.36. The first-order chi connectivity index (χ1) is 25.1. The molecule has 5 saturated heterocycles. The van der Waals surface area contributed by atoms with Gasteiger partial charge in [-0.3, -0.25) is 9.36 Å². The van der Waals surface area contributed by atoms with E-state index >= 15 is 0 Å². The van der Waals surface area contributed by atoms with Crippen molar-refractivity contribution in [1.82, 2.24) is 39.5 Å². The molecule has 16 heteroatoms. The van der Waals surface area contributed by atoms with Crippen molar-refractivity contribution < 1.29 is 28.7 Å². The summed E-state index contributed by atoms with van der Waals surface area (Å²) in [6.07, 6.45) is 6.13. The Labute approximate surface area is 310 Å². The molecule has 53 heavy (non-hydrogen) atoms. The molecule has 5 fully saturated rings. The predicted octanol–water partition coefficient (Wildman–Crippen LogP) is 3.40. The van der Waals surface area contributed by atoms with Crippen LogP contribution < -0.4 is 10.2 Å². The van der Waals surface area contributed by atoms with E-state index in [2.05, 4.69) is 20.2 Å². The largest absolute Gasteiger partial charge is 0.444 e. The molecular formula is C37H52N10O6. The number of rotatable bonds is 7. The third-order valence-corrected chi connectivity index (χ3v) is 11.7. The maximum atomic E-state index is 14.0. The number of fused-ring (bicyclic) bond motifs is 5. The van der Waals surface area contributed by atoms with Gasteiger partial charge in [0.2, 0.25) is 5.91 Å². The molecule has 2 aromatic heterocycles. The van der Waals surface area contributed by atoms with Gasteiger partial charge in [-0.25, -0.2) is 24.4 Å². The second kappa shape index (κ2) is 14.0. The molecular weight excluding hydrogens is 680 g/mol. The van der Waals surface area contributed by atoms with Crippen molar-refractivity contribution in [2.24, 2.45) is 5.92 Å². The number of ether oxygens (including phenoxy) is 2. The Morgan fingerprint density at radius 2 is 1.68 bits per heavy atom. The summed E-state index contributed by atoms with van der Waals surface area (Å²) in [7, 11) is 1.95. The highest BCUT2D eigenvalue weighted by atomic mass is 16.6. The molecule has 0 saturated carbocycles. The number of piperazine rings is 2. The monoisotopic (exact) mass is 732 g/mol. The minimum absolute atomic E-state index is 0.104. The molecule has 1 N–H and O–H groups in total. The van der Waals surface area contributed by atoms with Crippen molar-refractivity contribution in [1.29, 1.82) is 5.26 Å². The van der Waals surface area contributed by atoms with Gasteiger partial charge in [0, 0.05) is 64.6 Å². The van der Waals surface area contributed by atoms with Crippen LogP contribution in [0, 0.1) is 17.2 Å². The third kappa shape index (κ3) is 7.32. The summed E-state index contributed by atoms with van der Waals surface area (Å²) >= 11 is 0. The number of nitrogens with one attached hydrogen (secondary N) is 1. The van der Waals surface area contributed by atoms with E-state index in [9.17, 15) is 24.4 Å². The normalized spacial score (nSPS) is 26.7. The first kappa shape index (κ1) is 36.7. The number of carbonyl (C=O) groups excluding carboxylic acids is 4. The van der Waals surface area contributed by atoms with Crippen molar-refractivity contribution in [3.8, 4) is 6.07 Å². The van der Waals surface area contributed by atoms with Gasteiger partial charge in [-0.15, -0.1) is 0 Å². The van der Waals surface area contributed by atoms with Crippen molar-refractivity contribution in [2.45, 2.75) is 115 Å². The van der Waals surface area contributed by atoms with Crippen molar-refractivity contribution >= 4 is 41.0 Å². The molecule has 6 atom stereocenters. The Bertz CT molecular complexity index is 1800. The lowest BCUT2D eigenvalue weighted by molar-refractivity contribution is -0.132. The van der Waals surface area contributed by atoms with Gasteiger partial charge in [0.15, 0.2) is 5.65 Å². The summed E-state index contributed by atoms with van der Waals surface area (Å²) in [5.41, 5.74) is -0.814. The minimum atomic E-state index is -0.693. The molecule has 0 spiro atoms. The number of nitrogens with zero attached hydrogens (tertiary/aromatic N) is 9. The number of nitriles is 1. The number of likely N-dealkylation sites (tertiary alicyclic amines) is 4. The Hall–Kier alpha value is -4.65. The van der Waals surface area contributed by atoms with Crippen LogP contribution in [0.25, 0.3) is 11.0 Å². The maximum Gasteiger partial charge on any atom is 0.410 e. The number of hydrogen-bond acceptors (Lipinski definition) is 11. The van der Waals surface area contributed by atoms with Gasteiger partial charge in [0.1, 0.15) is 29.8 Å². The van der Waals surface area contributed by atoms with Gasteiger partial charge in [-0.1, -0.05) is 0 Å². The molecule has 4 bridgehead atoms. The van der Waals surface area contributed by atoms with Crippen molar-refractivity contribution in [3.63, 3.8) is 0 Å². The minimum Gasteiger partial charge on any atom is -0.444 e. The van der Waals surface area contributed by atoms with E-state index in [4.69, 9.17) is 9.47 Å². The van der Waals surface area contributed by atoms with E-state index in [1.54, 1.807) is 20.6 Å². The van der Waals surface area contributed by atoms with Gasteiger partial charge in [0.25, 0.3) is 0 Å². The Morgan fingerprint density at radius 1 is 0.962 bits per heavy atom. The molecule has 2 aromatic rings. The summed E-state index contributed by atoms with van der Waals surface area (Å²) in [5, 5.41) is 13.4. The molecule has 5 aliphatic rings. The van der Waals surface area contributed by atoms with Crippen LogP contribution in [-0.2, 0) is 14.3 Å². The van der Waals surface area contributed by atoms with Crippen LogP contribution in [0.4, 0.5) is 20.2 Å². The SMILES string of the molecule is CN(c1ncnc2c1ccn2C(=O)N1C[C@@H]2C[C@H]1CN2C(=O)OC(C)(C)C)[C@H]1CN(C(=O)CC#N)CC[C@H]1CCC(C)(C)OC(=O)N1C[C@@H]2C[C@H]1CN2. The highest BCUT2D eigenvalue weighted by Gasteiger charge is 2.49. The summed E-state index contributed by atoms with van der Waals surface area (Å²) in [6.45, 7) is 12.7. The summed E-state index contributed by atoms with van der Waals surface area (Å²) in [5.74, 6) is 0.550. The third-order valence-electron chi connectivity index (χ3n) is 11.7. The fraction of sp³-hybridized carbons (Fsp3) is 0.703. The smallest absolute Gasteiger partial charge is 0.410 e. The second-order valence-electron chi connectivity index (χ2n) is 16.9. The van der Waals surface area contributed by atoms with E-state index in [0.29, 0.717) is 74.9 Å². The standard InChI is InChI=1S/C37H52N10O6/c1-36(2,3)52-34(50)47-20-26-16-27(47)19-45(26)33(49)44-14-10-28-31(40-22-41-32(28)44)42(6)29-21-43(30(48)8-12-38)13-9-23(29)7-11-37(4,5)53-35(51)46-18-24-15-25(46)17-39-24/h10,14,22-27,29,39H,7-9,11,13,15-21H2,1-6H3/t23-,24+,25+,26+,27+,29+/m1/s1. The first-order valence-corrected chi connectivity index (χ1v) is 18.9. The van der Waals surface area contributed by atoms with Crippen LogP contribution in [0.15, 0.2) is 18.6 Å². The van der Waals surface area contributed by atoms with Gasteiger partial charge in [-0.2, -0.15) is 5.26 Å². The van der Waals surface area contributed by atoms with E-state index in [-0.39, 0.29) is 60.6 Å². The zero-order valence-corrected chi connectivity index (χ0v) is 31.7.